The Bertz CT molecular complexity index is 1740. The van der Waals surface area contributed by atoms with Crippen molar-refractivity contribution in [2.24, 2.45) is 0 Å². The standard InChI is InChI=1S/C16H48O20Si8.C6H15N.C5H20O8Si4.C5H20O4Si4.2C4H8O.C3H9ClO3Si/c1-17-41(18-2,19-3)33-37(13)29-38(14,34-42(20-4,21-5)22-6)31-40(16,36-44(26-10,27-11)28-12)32-39(15,30-37)35-43(23-7,24-8)25-9;1-4-7(5-2)6-3;1-10-15(3,7)12-17(5,9)13-16(4,8)11-14(2)6;1-6-11(3)8-13(5)9-12(4)7-10-2;2*1-2-4-5-3-1;1-5-8(4,6-2)7-3/h1-16H3;4-6H2,1-3H3;6-9,14H,1-5H3;11-13H,10H2,1-5H3;2*1-4H2;1-3H3. The highest BCUT2D eigenvalue weighted by molar-refractivity contribution is 7.09. The summed E-state index contributed by atoms with van der Waals surface area (Å²) in [6.45, 7) is 33.6. The van der Waals surface area contributed by atoms with Gasteiger partial charge in [-0.3, -0.25) is 0 Å². The Morgan fingerprint density at radius 3 is 0.848 bits per heavy atom. The lowest BCUT2D eigenvalue weighted by Crippen LogP contribution is -2.76. The molecule has 602 valence electrons. The first-order valence-corrected chi connectivity index (χ1v) is 66.7. The van der Waals surface area contributed by atoms with Gasteiger partial charge in [0.05, 0.1) is 0 Å². The third kappa shape index (κ3) is 46.7. The molecule has 7 atom stereocenters. The molecule has 3 fully saturated rings. The molecule has 0 aromatic rings. The van der Waals surface area contributed by atoms with Crippen LogP contribution < -0.4 is 0 Å². The highest BCUT2D eigenvalue weighted by Gasteiger charge is 2.71. The predicted molar refractivity (Wildman–Crippen MR) is 399 cm³/mol. The molecule has 3 saturated heterocycles. The van der Waals surface area contributed by atoms with E-state index in [1.54, 1.807) is 7.11 Å². The third-order valence-electron chi connectivity index (χ3n) is 12.5. The van der Waals surface area contributed by atoms with Gasteiger partial charge < -0.3 is 166 Å². The van der Waals surface area contributed by atoms with E-state index < -0.39 is 143 Å². The van der Waals surface area contributed by atoms with Gasteiger partial charge in [0, 0.05) is 193 Å². The monoisotopic (exact) mass is 1760 g/mol. The van der Waals surface area contributed by atoms with Crippen LogP contribution in [0.1, 0.15) is 46.5 Å². The second kappa shape index (κ2) is 55.0. The van der Waals surface area contributed by atoms with Crippen molar-refractivity contribution in [1.82, 2.24) is 4.90 Å². The fourth-order valence-electron chi connectivity index (χ4n) is 7.95. The molecule has 0 aromatic heterocycles. The molecule has 4 N–H and O–H groups in total. The molecule has 0 spiro atoms. The van der Waals surface area contributed by atoms with Crippen LogP contribution in [0.4, 0.5) is 0 Å². The molecule has 0 saturated carbocycles. The van der Waals surface area contributed by atoms with Crippen molar-refractivity contribution in [2.75, 3.05) is 167 Å². The number of hydrogen-bond donors (Lipinski definition) is 4. The van der Waals surface area contributed by atoms with Gasteiger partial charge in [0.25, 0.3) is 18.6 Å². The Hall–Kier alpha value is 2.46. The summed E-state index contributed by atoms with van der Waals surface area (Å²) in [5.41, 5.74) is 0. The fourth-order valence-corrected chi connectivity index (χ4v) is 57.1. The normalized spacial score (nSPS) is 23.9. The molecule has 0 aliphatic carbocycles. The van der Waals surface area contributed by atoms with Crippen LogP contribution in [-0.2, 0) is 142 Å². The molecular weight excluding hydrogens is 1640 g/mol. The first-order valence-electron chi connectivity index (χ1n) is 31.3. The minimum atomic E-state index is -4.20. The van der Waals surface area contributed by atoms with Gasteiger partial charge in [-0.25, -0.2) is 0 Å². The Morgan fingerprint density at radius 1 is 0.414 bits per heavy atom. The summed E-state index contributed by atoms with van der Waals surface area (Å²) in [4.78, 5) is 40.7. The van der Waals surface area contributed by atoms with Crippen molar-refractivity contribution in [3.63, 3.8) is 0 Å². The maximum Gasteiger partial charge on any atom is 0.671 e. The SMILES string of the molecule is C1CCOC1.C1CCOC1.CCN(CC)CC.CO[SiH](C)O[SiH](C)O[SiH](C)O[SiH2]C.CO[Si](C)(O)O[Si](C)(O)O[Si](C)(O)O[SiH](C)O.CO[Si](Cl)(OC)OC.CO[Si](OC)(OC)O[Si]1(C)O[Si](C)(O[Si](OC)(OC)OC)O[Si](C)(O[Si](OC)(OC)OC)O[Si](C)(O[Si](OC)(OC)OC)O1. The van der Waals surface area contributed by atoms with Crippen molar-refractivity contribution >= 4 is 164 Å². The van der Waals surface area contributed by atoms with Crippen LogP contribution in [0.5, 0.6) is 0 Å². The summed E-state index contributed by atoms with van der Waals surface area (Å²) in [5, 5.41) is 0. The molecule has 3 rings (SSSR count). The third-order valence-corrected chi connectivity index (χ3v) is 63.1. The minimum absolute atomic E-state index is 0.325. The second-order valence-electron chi connectivity index (χ2n) is 20.6. The molecule has 56 heteroatoms. The van der Waals surface area contributed by atoms with E-state index in [0.29, 0.717) is 0 Å². The fraction of sp³-hybridized carbons (Fsp3) is 1.00. The Kier molecular flexibility index (Phi) is 59.9. The maximum absolute atomic E-state index is 9.85. The number of hydrogen-bond acceptors (Lipinski definition) is 38. The van der Waals surface area contributed by atoms with E-state index in [2.05, 4.69) is 43.2 Å². The zero-order valence-electron chi connectivity index (χ0n) is 64.9. The van der Waals surface area contributed by atoms with E-state index in [1.165, 1.54) is 211 Å². The van der Waals surface area contributed by atoms with Gasteiger partial charge in [0.1, 0.15) is 9.76 Å². The highest BCUT2D eigenvalue weighted by Crippen LogP contribution is 2.38. The van der Waals surface area contributed by atoms with Crippen molar-refractivity contribution in [2.45, 2.75) is 125 Å². The van der Waals surface area contributed by atoms with E-state index in [4.69, 9.17) is 154 Å². The lowest BCUT2D eigenvalue weighted by molar-refractivity contribution is -0.0200. The van der Waals surface area contributed by atoms with Crippen LogP contribution in [0.3, 0.4) is 0 Å². The summed E-state index contributed by atoms with van der Waals surface area (Å²) in [6, 6.07) is 0. The molecular formula is C43H128ClNO37Si17. The quantitative estimate of drug-likeness (QED) is 0.0491. The number of nitrogens with zero attached hydrogens (tertiary/aromatic N) is 1. The van der Waals surface area contributed by atoms with Crippen LogP contribution in [-0.4, -0.2) is 344 Å². The average Bonchev–Trinajstić information content (AvgIpc) is 0.865. The summed E-state index contributed by atoms with van der Waals surface area (Å²) >= 11 is 5.56. The highest BCUT2D eigenvalue weighted by atomic mass is 35.6. The summed E-state index contributed by atoms with van der Waals surface area (Å²) in [7, 11) is -29.7. The topological polar surface area (TPSA) is 389 Å². The van der Waals surface area contributed by atoms with E-state index in [0.717, 1.165) is 26.4 Å². The van der Waals surface area contributed by atoms with Gasteiger partial charge in [-0.05, 0) is 71.5 Å². The van der Waals surface area contributed by atoms with Crippen molar-refractivity contribution in [3.8, 4) is 0 Å². The molecule has 0 radical (unpaired) electrons. The predicted octanol–water partition coefficient (Wildman–Crippen LogP) is 1.02. The summed E-state index contributed by atoms with van der Waals surface area (Å²) in [6.07, 6.45) is 5.11. The van der Waals surface area contributed by atoms with Crippen LogP contribution in [0, 0.1) is 0 Å². The lowest BCUT2D eigenvalue weighted by Gasteiger charge is -2.49. The van der Waals surface area contributed by atoms with Crippen molar-refractivity contribution in [1.29, 1.82) is 0 Å². The van der Waals surface area contributed by atoms with Crippen molar-refractivity contribution in [3.05, 3.63) is 0 Å². The molecule has 0 bridgehead atoms. The van der Waals surface area contributed by atoms with Gasteiger partial charge in [-0.2, -0.15) is 0 Å². The zero-order chi connectivity index (χ0) is 77.7. The number of halogens is 1. The largest absolute Gasteiger partial charge is 0.671 e. The van der Waals surface area contributed by atoms with Gasteiger partial charge in [0.15, 0.2) is 0 Å². The first kappa shape index (κ1) is 108. The molecule has 99 heavy (non-hydrogen) atoms. The number of rotatable bonds is 40. The minimum Gasteiger partial charge on any atom is -0.444 e. The molecule has 3 aliphatic rings. The van der Waals surface area contributed by atoms with Gasteiger partial charge in [-0.15, -0.1) is 0 Å². The molecule has 38 nitrogen and oxygen atoms in total. The Labute approximate surface area is 618 Å². The summed E-state index contributed by atoms with van der Waals surface area (Å²) < 4.78 is 183. The molecule has 3 aliphatic heterocycles. The Balaban J connectivity index is -0.000000657. The average molecular weight is 1760 g/mol. The summed E-state index contributed by atoms with van der Waals surface area (Å²) in [5.74, 6) is 0. The van der Waals surface area contributed by atoms with Crippen LogP contribution >= 0.6 is 11.1 Å². The van der Waals surface area contributed by atoms with Crippen LogP contribution in [0.2, 0.25) is 78.6 Å². The molecule has 3 heterocycles. The maximum atomic E-state index is 9.85. The van der Waals surface area contributed by atoms with Crippen molar-refractivity contribution < 1.29 is 162 Å². The van der Waals surface area contributed by atoms with E-state index in [1.807, 2.05) is 13.1 Å². The van der Waals surface area contributed by atoms with E-state index >= 15 is 0 Å². The van der Waals surface area contributed by atoms with E-state index in [-0.39, 0.29) is 9.76 Å². The van der Waals surface area contributed by atoms with Crippen LogP contribution in [0.15, 0.2) is 0 Å². The van der Waals surface area contributed by atoms with E-state index in [9.17, 15) is 14.4 Å². The first-order chi connectivity index (χ1) is 45.9. The molecule has 7 unspecified atom stereocenters. The number of ether oxygens (including phenoxy) is 2. The zero-order valence-corrected chi connectivity index (χ0v) is 83.7. The van der Waals surface area contributed by atoms with Gasteiger partial charge in [-0.1, -0.05) is 38.4 Å². The molecule has 0 amide bonds. The van der Waals surface area contributed by atoms with Crippen LogP contribution in [0.25, 0.3) is 0 Å². The Morgan fingerprint density at radius 2 is 0.677 bits per heavy atom. The molecule has 0 aromatic carbocycles. The smallest absolute Gasteiger partial charge is 0.444 e. The lowest BCUT2D eigenvalue weighted by atomic mass is 10.4. The van der Waals surface area contributed by atoms with Gasteiger partial charge >= 0.3 is 125 Å². The second-order valence-corrected chi connectivity index (χ2v) is 64.0. The van der Waals surface area contributed by atoms with Gasteiger partial charge in [0.2, 0.25) is 0 Å².